The fourth-order valence-corrected chi connectivity index (χ4v) is 1.57. The van der Waals surface area contributed by atoms with E-state index in [2.05, 4.69) is 9.47 Å². The van der Waals surface area contributed by atoms with Gasteiger partial charge >= 0.3 is 12.1 Å². The van der Waals surface area contributed by atoms with Crippen LogP contribution in [0.3, 0.4) is 0 Å². The number of esters is 1. The first kappa shape index (κ1) is 28.0. The lowest BCUT2D eigenvalue weighted by molar-refractivity contribution is -0.115. The molecule has 0 spiro atoms. The van der Waals surface area contributed by atoms with Gasteiger partial charge in [-0.1, -0.05) is 45.5 Å². The Morgan fingerprint density at radius 2 is 1.34 bits per heavy atom. The first-order chi connectivity index (χ1) is 13.4. The maximum Gasteiger partial charge on any atom is 0.515 e. The van der Waals surface area contributed by atoms with Crippen molar-refractivity contribution in [1.29, 1.82) is 0 Å². The molecule has 0 saturated heterocycles. The van der Waals surface area contributed by atoms with Gasteiger partial charge in [0.05, 0.1) is 5.56 Å². The number of hydrogen-bond acceptors (Lipinski definition) is 7. The predicted octanol–water partition coefficient (Wildman–Crippen LogP) is 5.28. The van der Waals surface area contributed by atoms with Crippen molar-refractivity contribution in [3.05, 3.63) is 60.2 Å². The molecule has 0 aliphatic heterocycles. The van der Waals surface area contributed by atoms with Gasteiger partial charge in [0.1, 0.15) is 17.3 Å². The van der Waals surface area contributed by atoms with Crippen molar-refractivity contribution in [2.75, 3.05) is 13.9 Å². The molecule has 2 rings (SSSR count). The van der Waals surface area contributed by atoms with E-state index in [0.717, 1.165) is 0 Å². The second kappa shape index (κ2) is 16.9. The fraction of sp³-hybridized carbons (Fsp3) is 0.318. The number of carbonyl (C=O) groups excluding carboxylic acids is 3. The van der Waals surface area contributed by atoms with Crippen LogP contribution >= 0.6 is 0 Å². The molecule has 0 aliphatic rings. The molecule has 0 radical (unpaired) electrons. The van der Waals surface area contributed by atoms with E-state index in [4.69, 9.17) is 9.47 Å². The van der Waals surface area contributed by atoms with Crippen LogP contribution in [-0.2, 0) is 14.3 Å². The van der Waals surface area contributed by atoms with Gasteiger partial charge in [-0.25, -0.2) is 9.59 Å². The smallest absolute Gasteiger partial charge is 0.423 e. The lowest BCUT2D eigenvalue weighted by Crippen LogP contribution is -2.12. The third-order valence-corrected chi connectivity index (χ3v) is 2.52. The molecular weight excluding hydrogens is 376 g/mol. The van der Waals surface area contributed by atoms with Crippen molar-refractivity contribution in [1.82, 2.24) is 0 Å². The normalized spacial score (nSPS) is 8.59. The highest BCUT2D eigenvalue weighted by molar-refractivity contribution is 5.91. The van der Waals surface area contributed by atoms with Crippen molar-refractivity contribution in [2.24, 2.45) is 0 Å². The summed E-state index contributed by atoms with van der Waals surface area (Å²) in [6.07, 6.45) is -0.909. The zero-order chi connectivity index (χ0) is 21.4. The van der Waals surface area contributed by atoms with Crippen LogP contribution in [-0.4, -0.2) is 31.8 Å². The molecule has 0 amide bonds. The van der Waals surface area contributed by atoms with Gasteiger partial charge in [-0.2, -0.15) is 0 Å². The Hall–Kier alpha value is -3.19. The summed E-state index contributed by atoms with van der Waals surface area (Å²) in [6, 6.07) is 14.7. The summed E-state index contributed by atoms with van der Waals surface area (Å²) in [5.74, 6) is 0.116. The van der Waals surface area contributed by atoms with Crippen LogP contribution in [0.2, 0.25) is 0 Å². The monoisotopic (exact) mass is 406 g/mol. The van der Waals surface area contributed by atoms with Crippen LogP contribution in [0.4, 0.5) is 4.79 Å². The molecule has 2 aromatic rings. The minimum Gasteiger partial charge on any atom is -0.423 e. The topological polar surface area (TPSA) is 88.1 Å². The number of rotatable bonds is 5. The van der Waals surface area contributed by atoms with Crippen LogP contribution < -0.4 is 9.47 Å². The molecule has 0 aliphatic carbocycles. The molecule has 160 valence electrons. The standard InChI is InChI=1S/C16H14O6.C3H6O.C2H6.CH4/c1-19-11-20-16(18)22-14-9-5-8-13(10-14)21-15(17)12-6-3-2-4-7-12;1-3(2)4;1-2;/h2-10H,11H2,1H3;1-2H3;1-2H3;1H4. The van der Waals surface area contributed by atoms with Crippen molar-refractivity contribution in [3.63, 3.8) is 0 Å². The van der Waals surface area contributed by atoms with Crippen LogP contribution in [0.25, 0.3) is 0 Å². The summed E-state index contributed by atoms with van der Waals surface area (Å²) in [5.41, 5.74) is 0.424. The lowest BCUT2D eigenvalue weighted by atomic mass is 10.2. The van der Waals surface area contributed by atoms with Crippen molar-refractivity contribution < 1.29 is 33.3 Å². The third-order valence-electron chi connectivity index (χ3n) is 2.52. The molecular formula is C22H30O7. The molecule has 0 fully saturated rings. The number of hydrogen-bond donors (Lipinski definition) is 0. The Morgan fingerprint density at radius 3 is 1.86 bits per heavy atom. The van der Waals surface area contributed by atoms with Crippen molar-refractivity contribution >= 4 is 17.9 Å². The SMILES string of the molecule is C.CC.CC(C)=O.COCOC(=O)Oc1cccc(OC(=O)c2ccccc2)c1. The number of ether oxygens (including phenoxy) is 4. The quantitative estimate of drug-likeness (QED) is 0.289. The minimum atomic E-state index is -0.909. The zero-order valence-electron chi connectivity index (χ0n) is 16.8. The average molecular weight is 406 g/mol. The van der Waals surface area contributed by atoms with Gasteiger partial charge in [-0.3, -0.25) is 0 Å². The first-order valence-corrected chi connectivity index (χ1v) is 8.60. The van der Waals surface area contributed by atoms with Crippen LogP contribution in [0, 0.1) is 0 Å². The predicted molar refractivity (Wildman–Crippen MR) is 111 cm³/mol. The molecule has 7 heteroatoms. The van der Waals surface area contributed by atoms with E-state index in [0.29, 0.717) is 5.56 Å². The van der Waals surface area contributed by atoms with Gasteiger partial charge in [0, 0.05) is 13.2 Å². The Morgan fingerprint density at radius 1 is 0.828 bits per heavy atom. The zero-order valence-corrected chi connectivity index (χ0v) is 16.8. The summed E-state index contributed by atoms with van der Waals surface area (Å²) in [6.45, 7) is 6.85. The number of benzene rings is 2. The van der Waals surface area contributed by atoms with Crippen LogP contribution in [0.1, 0.15) is 45.5 Å². The number of carbonyl (C=O) groups is 3. The highest BCUT2D eigenvalue weighted by Gasteiger charge is 2.10. The highest BCUT2D eigenvalue weighted by Crippen LogP contribution is 2.21. The van der Waals surface area contributed by atoms with Crippen LogP contribution in [0.15, 0.2) is 54.6 Å². The maximum atomic E-state index is 11.9. The van der Waals surface area contributed by atoms with E-state index >= 15 is 0 Å². The van der Waals surface area contributed by atoms with Crippen molar-refractivity contribution in [3.8, 4) is 11.5 Å². The van der Waals surface area contributed by atoms with Gasteiger partial charge in [0.15, 0.2) is 6.79 Å². The van der Waals surface area contributed by atoms with Gasteiger partial charge in [-0.15, -0.1) is 0 Å². The average Bonchev–Trinajstić information content (AvgIpc) is 2.68. The Labute approximate surface area is 172 Å². The number of ketones is 1. The van der Waals surface area contributed by atoms with E-state index < -0.39 is 12.1 Å². The Balaban J connectivity index is 0. The summed E-state index contributed by atoms with van der Waals surface area (Å²) >= 11 is 0. The minimum absolute atomic E-state index is 0. The maximum absolute atomic E-state index is 11.9. The molecule has 7 nitrogen and oxygen atoms in total. The van der Waals surface area contributed by atoms with E-state index in [1.807, 2.05) is 13.8 Å². The molecule has 0 heterocycles. The Bertz CT molecular complexity index is 723. The molecule has 0 aromatic heterocycles. The third kappa shape index (κ3) is 13.6. The van der Waals surface area contributed by atoms with Gasteiger partial charge < -0.3 is 23.7 Å². The second-order valence-electron chi connectivity index (χ2n) is 5.04. The number of Topliss-reactive ketones (excluding diaryl/α,β-unsaturated/α-hetero) is 1. The Kier molecular flexibility index (Phi) is 16.4. The molecule has 0 bridgehead atoms. The molecule has 2 aromatic carbocycles. The van der Waals surface area contributed by atoms with Gasteiger partial charge in [-0.05, 0) is 38.1 Å². The molecule has 0 unspecified atom stereocenters. The van der Waals surface area contributed by atoms with E-state index in [1.54, 1.807) is 42.5 Å². The van der Waals surface area contributed by atoms with E-state index in [9.17, 15) is 14.4 Å². The van der Waals surface area contributed by atoms with E-state index in [-0.39, 0.29) is 31.5 Å². The summed E-state index contributed by atoms with van der Waals surface area (Å²) in [4.78, 5) is 32.7. The molecule has 0 N–H and O–H groups in total. The first-order valence-electron chi connectivity index (χ1n) is 8.60. The summed E-state index contributed by atoms with van der Waals surface area (Å²) in [5, 5.41) is 0. The van der Waals surface area contributed by atoms with E-state index in [1.165, 1.54) is 33.1 Å². The molecule has 0 atom stereocenters. The lowest BCUT2D eigenvalue weighted by Gasteiger charge is -2.07. The second-order valence-corrected chi connectivity index (χ2v) is 5.04. The summed E-state index contributed by atoms with van der Waals surface area (Å²) < 4.78 is 19.3. The fourth-order valence-electron chi connectivity index (χ4n) is 1.57. The summed E-state index contributed by atoms with van der Waals surface area (Å²) in [7, 11) is 1.39. The van der Waals surface area contributed by atoms with Gasteiger partial charge in [0.25, 0.3) is 0 Å². The molecule has 29 heavy (non-hydrogen) atoms. The molecule has 0 saturated carbocycles. The largest absolute Gasteiger partial charge is 0.515 e. The van der Waals surface area contributed by atoms with Gasteiger partial charge in [0.2, 0.25) is 0 Å². The van der Waals surface area contributed by atoms with Crippen molar-refractivity contribution in [2.45, 2.75) is 35.1 Å². The highest BCUT2D eigenvalue weighted by atomic mass is 16.8. The number of methoxy groups -OCH3 is 1. The van der Waals surface area contributed by atoms with Crippen LogP contribution in [0.5, 0.6) is 11.5 Å².